The summed E-state index contributed by atoms with van der Waals surface area (Å²) in [7, 11) is 0. The highest BCUT2D eigenvalue weighted by Gasteiger charge is 2.01. The van der Waals surface area contributed by atoms with Crippen LogP contribution < -0.4 is 10.6 Å². The summed E-state index contributed by atoms with van der Waals surface area (Å²) >= 11 is 0. The molecule has 1 amide bonds. The van der Waals surface area contributed by atoms with Crippen LogP contribution in [0, 0.1) is 5.92 Å². The molecule has 5 heteroatoms. The molecule has 5 nitrogen and oxygen atoms in total. The van der Waals surface area contributed by atoms with Crippen molar-refractivity contribution in [3.63, 3.8) is 0 Å². The highest BCUT2D eigenvalue weighted by molar-refractivity contribution is 5.76. The van der Waals surface area contributed by atoms with Crippen LogP contribution in [0.1, 0.15) is 33.1 Å². The van der Waals surface area contributed by atoms with Gasteiger partial charge in [0.25, 0.3) is 0 Å². The lowest BCUT2D eigenvalue weighted by molar-refractivity contribution is -0.137. The van der Waals surface area contributed by atoms with Crippen LogP contribution in [-0.4, -0.2) is 36.6 Å². The molecule has 0 bridgehead atoms. The average Bonchev–Trinajstić information content (AvgIpc) is 2.19. The van der Waals surface area contributed by atoms with E-state index in [0.29, 0.717) is 38.4 Å². The summed E-state index contributed by atoms with van der Waals surface area (Å²) in [5.74, 6) is -0.275. The Morgan fingerprint density at radius 2 is 1.88 bits per heavy atom. The van der Waals surface area contributed by atoms with Crippen LogP contribution in [0.2, 0.25) is 0 Å². The molecule has 0 aliphatic rings. The van der Waals surface area contributed by atoms with Gasteiger partial charge in [0, 0.05) is 25.9 Å². The molecule has 0 fully saturated rings. The molecule has 0 saturated carbocycles. The maximum atomic E-state index is 11.2. The summed E-state index contributed by atoms with van der Waals surface area (Å²) in [6, 6.07) is 0. The number of rotatable bonds is 9. The van der Waals surface area contributed by atoms with E-state index >= 15 is 0 Å². The van der Waals surface area contributed by atoms with Gasteiger partial charge in [-0.2, -0.15) is 0 Å². The molecule has 3 N–H and O–H groups in total. The van der Waals surface area contributed by atoms with Crippen molar-refractivity contribution < 1.29 is 14.7 Å². The van der Waals surface area contributed by atoms with E-state index in [1.54, 1.807) is 0 Å². The zero-order chi connectivity index (χ0) is 12.4. The van der Waals surface area contributed by atoms with E-state index in [-0.39, 0.29) is 12.3 Å². The van der Waals surface area contributed by atoms with Crippen LogP contribution in [0.4, 0.5) is 0 Å². The Balaban J connectivity index is 3.24. The third-order valence-electron chi connectivity index (χ3n) is 1.98. The Labute approximate surface area is 96.6 Å². The molecule has 0 rings (SSSR count). The number of carboxylic acid groups (broad SMARTS) is 1. The Kier molecular flexibility index (Phi) is 8.52. The normalized spacial score (nSPS) is 10.4. The van der Waals surface area contributed by atoms with Gasteiger partial charge in [-0.15, -0.1) is 0 Å². The average molecular weight is 230 g/mol. The SMILES string of the molecule is CC(C)CNC(=O)CCNCCCC(=O)O. The Morgan fingerprint density at radius 3 is 2.44 bits per heavy atom. The number of nitrogens with one attached hydrogen (secondary N) is 2. The second kappa shape index (κ2) is 9.15. The molecule has 0 aliphatic carbocycles. The maximum absolute atomic E-state index is 11.2. The first-order chi connectivity index (χ1) is 7.52. The lowest BCUT2D eigenvalue weighted by atomic mass is 10.2. The highest BCUT2D eigenvalue weighted by Crippen LogP contribution is 1.89. The Bertz CT molecular complexity index is 217. The van der Waals surface area contributed by atoms with Gasteiger partial charge in [-0.1, -0.05) is 13.8 Å². The minimum Gasteiger partial charge on any atom is -0.481 e. The van der Waals surface area contributed by atoms with Crippen LogP contribution in [0.3, 0.4) is 0 Å². The minimum atomic E-state index is -0.781. The number of aliphatic carboxylic acids is 1. The summed E-state index contributed by atoms with van der Waals surface area (Å²) in [5.41, 5.74) is 0. The second-order valence-corrected chi connectivity index (χ2v) is 4.20. The molecule has 0 unspecified atom stereocenters. The predicted octanol–water partition coefficient (Wildman–Crippen LogP) is 0.603. The maximum Gasteiger partial charge on any atom is 0.303 e. The predicted molar refractivity (Wildman–Crippen MR) is 62.2 cm³/mol. The van der Waals surface area contributed by atoms with Crippen LogP contribution in [0.5, 0.6) is 0 Å². The second-order valence-electron chi connectivity index (χ2n) is 4.20. The number of carbonyl (C=O) groups is 2. The van der Waals surface area contributed by atoms with E-state index in [0.717, 1.165) is 0 Å². The first-order valence-electron chi connectivity index (χ1n) is 5.71. The molecule has 94 valence electrons. The van der Waals surface area contributed by atoms with Crippen molar-refractivity contribution in [3.8, 4) is 0 Å². The summed E-state index contributed by atoms with van der Waals surface area (Å²) in [6.07, 6.45) is 1.22. The summed E-state index contributed by atoms with van der Waals surface area (Å²) < 4.78 is 0. The first-order valence-corrected chi connectivity index (χ1v) is 5.71. The van der Waals surface area contributed by atoms with Crippen LogP contribution in [0.15, 0.2) is 0 Å². The van der Waals surface area contributed by atoms with Crippen LogP contribution in [0.25, 0.3) is 0 Å². The fourth-order valence-corrected chi connectivity index (χ4v) is 1.10. The van der Waals surface area contributed by atoms with Crippen molar-refractivity contribution in [2.45, 2.75) is 33.1 Å². The Hall–Kier alpha value is -1.10. The van der Waals surface area contributed by atoms with Gasteiger partial charge in [-0.3, -0.25) is 9.59 Å². The lowest BCUT2D eigenvalue weighted by Crippen LogP contribution is -2.30. The molecule has 0 radical (unpaired) electrons. The van der Waals surface area contributed by atoms with E-state index in [1.165, 1.54) is 0 Å². The number of carboxylic acids is 1. The largest absolute Gasteiger partial charge is 0.481 e. The van der Waals surface area contributed by atoms with Crippen molar-refractivity contribution >= 4 is 11.9 Å². The van der Waals surface area contributed by atoms with Gasteiger partial charge in [0.2, 0.25) is 5.91 Å². The van der Waals surface area contributed by atoms with Crippen molar-refractivity contribution in [3.05, 3.63) is 0 Å². The van der Waals surface area contributed by atoms with Crippen LogP contribution in [-0.2, 0) is 9.59 Å². The standard InChI is InChI=1S/C11H22N2O3/c1-9(2)8-13-10(14)5-7-12-6-3-4-11(15)16/h9,12H,3-8H2,1-2H3,(H,13,14)(H,15,16). The molecule has 0 saturated heterocycles. The molecule has 0 aromatic heterocycles. The molecule has 0 spiro atoms. The lowest BCUT2D eigenvalue weighted by Gasteiger charge is -2.07. The summed E-state index contributed by atoms with van der Waals surface area (Å²) in [6.45, 7) is 6.04. The van der Waals surface area contributed by atoms with Crippen molar-refractivity contribution in [1.29, 1.82) is 0 Å². The summed E-state index contributed by atoms with van der Waals surface area (Å²) in [4.78, 5) is 21.4. The van der Waals surface area contributed by atoms with Gasteiger partial charge >= 0.3 is 5.97 Å². The number of hydrogen-bond acceptors (Lipinski definition) is 3. The molecule has 0 aromatic rings. The third kappa shape index (κ3) is 11.0. The number of hydrogen-bond donors (Lipinski definition) is 3. The van der Waals surface area contributed by atoms with Crippen molar-refractivity contribution in [2.75, 3.05) is 19.6 Å². The molecule has 16 heavy (non-hydrogen) atoms. The van der Waals surface area contributed by atoms with E-state index in [4.69, 9.17) is 5.11 Å². The first kappa shape index (κ1) is 14.9. The number of amides is 1. The monoisotopic (exact) mass is 230 g/mol. The zero-order valence-electron chi connectivity index (χ0n) is 10.1. The third-order valence-corrected chi connectivity index (χ3v) is 1.98. The smallest absolute Gasteiger partial charge is 0.303 e. The van der Waals surface area contributed by atoms with E-state index in [9.17, 15) is 9.59 Å². The quantitative estimate of drug-likeness (QED) is 0.507. The van der Waals surface area contributed by atoms with Crippen molar-refractivity contribution in [1.82, 2.24) is 10.6 Å². The van der Waals surface area contributed by atoms with Crippen molar-refractivity contribution in [2.24, 2.45) is 5.92 Å². The highest BCUT2D eigenvalue weighted by atomic mass is 16.4. The van der Waals surface area contributed by atoms with Crippen LogP contribution >= 0.6 is 0 Å². The molecule has 0 aromatic carbocycles. The topological polar surface area (TPSA) is 78.4 Å². The number of carbonyl (C=O) groups excluding carboxylic acids is 1. The van der Waals surface area contributed by atoms with Gasteiger partial charge in [-0.25, -0.2) is 0 Å². The van der Waals surface area contributed by atoms with Gasteiger partial charge in [0.15, 0.2) is 0 Å². The van der Waals surface area contributed by atoms with E-state index in [1.807, 2.05) is 13.8 Å². The molecular weight excluding hydrogens is 208 g/mol. The van der Waals surface area contributed by atoms with Gasteiger partial charge < -0.3 is 15.7 Å². The van der Waals surface area contributed by atoms with E-state index in [2.05, 4.69) is 10.6 Å². The molecule has 0 aliphatic heterocycles. The zero-order valence-corrected chi connectivity index (χ0v) is 10.1. The molecule has 0 heterocycles. The van der Waals surface area contributed by atoms with Gasteiger partial charge in [-0.05, 0) is 18.9 Å². The summed E-state index contributed by atoms with van der Waals surface area (Å²) in [5, 5.41) is 14.2. The van der Waals surface area contributed by atoms with Gasteiger partial charge in [0.05, 0.1) is 0 Å². The molecule has 0 atom stereocenters. The fourth-order valence-electron chi connectivity index (χ4n) is 1.10. The van der Waals surface area contributed by atoms with Gasteiger partial charge in [0.1, 0.15) is 0 Å². The molecular formula is C11H22N2O3. The fraction of sp³-hybridized carbons (Fsp3) is 0.818. The van der Waals surface area contributed by atoms with E-state index < -0.39 is 5.97 Å². The Morgan fingerprint density at radius 1 is 1.19 bits per heavy atom. The minimum absolute atomic E-state index is 0.0411.